The molecule has 6 rings (SSSR count). The van der Waals surface area contributed by atoms with E-state index < -0.39 is 6.04 Å². The number of piperazine rings is 1. The lowest BCUT2D eigenvalue weighted by Crippen LogP contribution is -2.59. The zero-order valence-corrected chi connectivity index (χ0v) is 27.4. The van der Waals surface area contributed by atoms with Gasteiger partial charge in [0.15, 0.2) is 0 Å². The minimum Gasteiger partial charge on any atom is -0.493 e. The Kier molecular flexibility index (Phi) is 10.7. The Morgan fingerprint density at radius 3 is 2.09 bits per heavy atom. The van der Waals surface area contributed by atoms with E-state index in [1.807, 2.05) is 70.5 Å². The monoisotopic (exact) mass is 646 g/mol. The molecule has 238 valence electrons. The number of hydrogen-bond acceptors (Lipinski definition) is 6. The Hall–Kier alpha value is -3.04. The van der Waals surface area contributed by atoms with Gasteiger partial charge < -0.3 is 20.3 Å². The third kappa shape index (κ3) is 8.22. The lowest BCUT2D eigenvalue weighted by molar-refractivity contribution is -0.137. The Morgan fingerprint density at radius 2 is 1.42 bits per heavy atom. The second-order valence-electron chi connectivity index (χ2n) is 12.5. The van der Waals surface area contributed by atoms with Crippen molar-refractivity contribution >= 4 is 35.4 Å². The van der Waals surface area contributed by atoms with Crippen LogP contribution < -0.4 is 10.5 Å². The first kappa shape index (κ1) is 31.9. The molecular weight excluding hydrogens is 604 g/mol. The predicted molar refractivity (Wildman–Crippen MR) is 181 cm³/mol. The van der Waals surface area contributed by atoms with Gasteiger partial charge in [0.25, 0.3) is 5.91 Å². The van der Waals surface area contributed by atoms with Crippen LogP contribution in [0.25, 0.3) is 11.1 Å². The van der Waals surface area contributed by atoms with E-state index >= 15 is 0 Å². The minimum atomic E-state index is -0.447. The molecule has 2 saturated heterocycles. The summed E-state index contributed by atoms with van der Waals surface area (Å²) in [4.78, 5) is 32.4. The number of rotatable bonds is 8. The molecule has 0 spiro atoms. The number of carbonyl (C=O) groups is 2. The average Bonchev–Trinajstić information content (AvgIpc) is 3.09. The zero-order valence-electron chi connectivity index (χ0n) is 25.8. The fourth-order valence-electron chi connectivity index (χ4n) is 6.52. The van der Waals surface area contributed by atoms with Crippen molar-refractivity contribution in [2.45, 2.75) is 61.9 Å². The summed E-state index contributed by atoms with van der Waals surface area (Å²) in [5, 5.41) is 0.690. The molecule has 2 heterocycles. The molecule has 45 heavy (non-hydrogen) atoms. The number of halogens is 1. The van der Waals surface area contributed by atoms with Gasteiger partial charge in [-0.05, 0) is 103 Å². The second-order valence-corrected chi connectivity index (χ2v) is 14.1. The number of nitrogens with two attached hydrogens (primary N) is 1. The summed E-state index contributed by atoms with van der Waals surface area (Å²) in [6.07, 6.45) is 8.09. The molecule has 3 aromatic carbocycles. The molecule has 3 aliphatic rings. The van der Waals surface area contributed by atoms with Gasteiger partial charge in [0.2, 0.25) is 5.91 Å². The molecule has 2 aliphatic heterocycles. The van der Waals surface area contributed by atoms with Gasteiger partial charge in [0.1, 0.15) is 11.8 Å². The highest BCUT2D eigenvalue weighted by Gasteiger charge is 2.38. The van der Waals surface area contributed by atoms with Gasteiger partial charge in [0.05, 0.1) is 6.61 Å². The van der Waals surface area contributed by atoms with Gasteiger partial charge in [-0.25, -0.2) is 4.31 Å². The number of carbonyl (C=O) groups excluding carboxylic acids is 2. The number of likely N-dealkylation sites (tertiary alicyclic amines) is 1. The third-order valence-electron chi connectivity index (χ3n) is 9.32. The van der Waals surface area contributed by atoms with Crippen LogP contribution in [0.15, 0.2) is 77.7 Å². The summed E-state index contributed by atoms with van der Waals surface area (Å²) in [5.41, 5.74) is 8.82. The summed E-state index contributed by atoms with van der Waals surface area (Å²) >= 11 is 7.64. The van der Waals surface area contributed by atoms with E-state index in [1.54, 1.807) is 11.9 Å². The second kappa shape index (κ2) is 15.0. The Labute approximate surface area is 276 Å². The molecule has 9 heteroatoms. The van der Waals surface area contributed by atoms with Crippen molar-refractivity contribution in [3.8, 4) is 16.9 Å². The number of benzene rings is 3. The molecule has 0 bridgehead atoms. The molecule has 0 radical (unpaired) electrons. The minimum absolute atomic E-state index is 0.0553. The smallest absolute Gasteiger partial charge is 0.253 e. The van der Waals surface area contributed by atoms with E-state index in [1.165, 1.54) is 32.1 Å². The van der Waals surface area contributed by atoms with E-state index in [9.17, 15) is 9.59 Å². The van der Waals surface area contributed by atoms with E-state index in [0.717, 1.165) is 41.2 Å². The quantitative estimate of drug-likeness (QED) is 0.273. The Balaban J connectivity index is 1.12. The topological polar surface area (TPSA) is 79.1 Å². The van der Waals surface area contributed by atoms with Crippen LogP contribution in [0.3, 0.4) is 0 Å². The molecule has 7 nitrogen and oxygen atoms in total. The first-order valence-electron chi connectivity index (χ1n) is 16.3. The molecular formula is C36H43ClN4O3S. The number of piperidine rings is 1. The highest BCUT2D eigenvalue weighted by molar-refractivity contribution is 7.97. The molecule has 1 saturated carbocycles. The van der Waals surface area contributed by atoms with Crippen LogP contribution in [0.4, 0.5) is 0 Å². The lowest BCUT2D eigenvalue weighted by Gasteiger charge is -2.42. The van der Waals surface area contributed by atoms with Gasteiger partial charge in [-0.1, -0.05) is 55.1 Å². The standard InChI is InChI=1S/C36H43ClN4O3S/c37-30-12-10-28(11-13-30)27-6-8-29(9-7-27)35(42)40-22-23-41(34(24-40)36(43)39-20-18-31(38)19-21-39)45-33-16-14-32(15-17-33)44-25-26-4-2-1-3-5-26/h6-17,26,31,34H,1-5,18-25,38H2. The van der Waals surface area contributed by atoms with Gasteiger partial charge in [-0.15, -0.1) is 0 Å². The molecule has 3 aromatic rings. The van der Waals surface area contributed by atoms with Crippen molar-refractivity contribution < 1.29 is 14.3 Å². The summed E-state index contributed by atoms with van der Waals surface area (Å²) in [7, 11) is 0. The van der Waals surface area contributed by atoms with Gasteiger partial charge in [0, 0.05) is 54.2 Å². The van der Waals surface area contributed by atoms with E-state index in [4.69, 9.17) is 22.1 Å². The van der Waals surface area contributed by atoms with E-state index in [2.05, 4.69) is 16.4 Å². The first-order valence-corrected chi connectivity index (χ1v) is 17.5. The van der Waals surface area contributed by atoms with Crippen molar-refractivity contribution in [3.05, 3.63) is 83.4 Å². The average molecular weight is 647 g/mol. The molecule has 0 aromatic heterocycles. The van der Waals surface area contributed by atoms with Crippen LogP contribution in [0.1, 0.15) is 55.3 Å². The predicted octanol–water partition coefficient (Wildman–Crippen LogP) is 6.75. The van der Waals surface area contributed by atoms with Crippen LogP contribution in [0.2, 0.25) is 5.02 Å². The highest BCUT2D eigenvalue weighted by atomic mass is 35.5. The molecule has 2 N–H and O–H groups in total. The van der Waals surface area contributed by atoms with Crippen LogP contribution in [0, 0.1) is 5.92 Å². The molecule has 1 unspecified atom stereocenters. The zero-order chi connectivity index (χ0) is 31.2. The number of amides is 2. The van der Waals surface area contributed by atoms with Crippen molar-refractivity contribution in [1.29, 1.82) is 0 Å². The normalized spacial score (nSPS) is 20.3. The number of nitrogens with zero attached hydrogens (tertiary/aromatic N) is 3. The Morgan fingerprint density at radius 1 is 0.778 bits per heavy atom. The van der Waals surface area contributed by atoms with E-state index in [-0.39, 0.29) is 17.9 Å². The SMILES string of the molecule is NC1CCN(C(=O)C2CN(C(=O)c3ccc(-c4ccc(Cl)cc4)cc3)CCN2Sc2ccc(OCC3CCCCC3)cc2)CC1. The Bertz CT molecular complexity index is 1420. The maximum absolute atomic E-state index is 13.9. The van der Waals surface area contributed by atoms with Crippen molar-refractivity contribution in [2.24, 2.45) is 11.7 Å². The summed E-state index contributed by atoms with van der Waals surface area (Å²) in [6.45, 7) is 3.56. The molecule has 1 atom stereocenters. The largest absolute Gasteiger partial charge is 0.493 e. The maximum atomic E-state index is 13.9. The van der Waals surface area contributed by atoms with Gasteiger partial charge >= 0.3 is 0 Å². The van der Waals surface area contributed by atoms with Crippen LogP contribution in [-0.4, -0.2) is 77.3 Å². The van der Waals surface area contributed by atoms with Crippen molar-refractivity contribution in [1.82, 2.24) is 14.1 Å². The molecule has 3 fully saturated rings. The van der Waals surface area contributed by atoms with Crippen molar-refractivity contribution in [2.75, 3.05) is 39.3 Å². The van der Waals surface area contributed by atoms with Crippen LogP contribution >= 0.6 is 23.5 Å². The number of ether oxygens (including phenoxy) is 1. The van der Waals surface area contributed by atoms with Gasteiger partial charge in [-0.3, -0.25) is 9.59 Å². The third-order valence-corrected chi connectivity index (χ3v) is 10.7. The van der Waals surface area contributed by atoms with E-state index in [0.29, 0.717) is 49.2 Å². The fraction of sp³-hybridized carbons (Fsp3) is 0.444. The highest BCUT2D eigenvalue weighted by Crippen LogP contribution is 2.32. The summed E-state index contributed by atoms with van der Waals surface area (Å²) < 4.78 is 8.27. The summed E-state index contributed by atoms with van der Waals surface area (Å²) in [6, 6.07) is 23.2. The maximum Gasteiger partial charge on any atom is 0.253 e. The van der Waals surface area contributed by atoms with Crippen molar-refractivity contribution in [3.63, 3.8) is 0 Å². The van der Waals surface area contributed by atoms with Gasteiger partial charge in [-0.2, -0.15) is 0 Å². The van der Waals surface area contributed by atoms with Crippen LogP contribution in [0.5, 0.6) is 5.75 Å². The summed E-state index contributed by atoms with van der Waals surface area (Å²) in [5.74, 6) is 1.56. The van der Waals surface area contributed by atoms with Crippen LogP contribution in [-0.2, 0) is 4.79 Å². The molecule has 2 amide bonds. The molecule has 1 aliphatic carbocycles. The fourth-order valence-corrected chi connectivity index (χ4v) is 7.63. The lowest BCUT2D eigenvalue weighted by atomic mass is 9.90. The number of hydrogen-bond donors (Lipinski definition) is 1. The first-order chi connectivity index (χ1) is 21.9.